The SMILES string of the molecule is N#Cc1ccc(N2CCc3c(ncnc3Nc3ccc(C(=O)NC4CCC(CN5CCN(c6cc7c(cc6F)C(=O)N(C6CCC(=O)NC6=O)C7=O)CC5)CC4)c(F)n3)C2)cc1C(F)(F)F. The third-order valence-electron chi connectivity index (χ3n) is 13.1. The Morgan fingerprint density at radius 3 is 2.30 bits per heavy atom. The molecule has 0 radical (unpaired) electrons. The van der Waals surface area contributed by atoms with E-state index < -0.39 is 64.6 Å². The van der Waals surface area contributed by atoms with Gasteiger partial charge in [0.25, 0.3) is 17.7 Å². The molecule has 1 unspecified atom stereocenters. The molecule has 9 rings (SSSR count). The maximum Gasteiger partial charge on any atom is 0.417 e. The number of halogens is 5. The van der Waals surface area contributed by atoms with Crippen LogP contribution in [0.3, 0.4) is 0 Å². The van der Waals surface area contributed by atoms with Crippen molar-refractivity contribution in [3.63, 3.8) is 0 Å². The van der Waals surface area contributed by atoms with E-state index >= 15 is 8.78 Å². The lowest BCUT2D eigenvalue weighted by Crippen LogP contribution is -2.54. The zero-order chi connectivity index (χ0) is 46.4. The van der Waals surface area contributed by atoms with Crippen LogP contribution in [0.2, 0.25) is 0 Å². The van der Waals surface area contributed by atoms with Gasteiger partial charge in [0.05, 0.1) is 51.8 Å². The third kappa shape index (κ3) is 8.71. The number of anilines is 4. The number of imide groups is 2. The van der Waals surface area contributed by atoms with Gasteiger partial charge < -0.3 is 20.4 Å². The number of hydrogen-bond donors (Lipinski definition) is 3. The van der Waals surface area contributed by atoms with Gasteiger partial charge in [0, 0.05) is 63.0 Å². The summed E-state index contributed by atoms with van der Waals surface area (Å²) in [5.41, 5.74) is -0.0593. The van der Waals surface area contributed by atoms with Crippen molar-refractivity contribution in [1.82, 2.24) is 35.4 Å². The molecule has 4 aromatic rings. The first-order chi connectivity index (χ1) is 31.6. The van der Waals surface area contributed by atoms with Crippen LogP contribution in [0.1, 0.15) is 92.0 Å². The number of nitriles is 1. The predicted octanol–water partition coefficient (Wildman–Crippen LogP) is 4.86. The van der Waals surface area contributed by atoms with Crippen molar-refractivity contribution in [2.75, 3.05) is 54.4 Å². The Labute approximate surface area is 374 Å². The largest absolute Gasteiger partial charge is 0.417 e. The Hall–Kier alpha value is -7.08. The average molecular weight is 912 g/mol. The number of pyridine rings is 1. The Morgan fingerprint density at radius 1 is 0.864 bits per heavy atom. The molecular formula is C45H42F5N11O5. The molecular weight excluding hydrogens is 870 g/mol. The van der Waals surface area contributed by atoms with Crippen molar-refractivity contribution in [2.45, 2.75) is 69.8 Å². The number of carbonyl (C=O) groups excluding carboxylic acids is 5. The van der Waals surface area contributed by atoms with E-state index in [-0.39, 0.29) is 59.3 Å². The highest BCUT2D eigenvalue weighted by molar-refractivity contribution is 6.23. The van der Waals surface area contributed by atoms with Crippen molar-refractivity contribution in [1.29, 1.82) is 5.26 Å². The number of hydrogen-bond acceptors (Lipinski definition) is 13. The molecule has 3 fully saturated rings. The molecule has 1 atom stereocenters. The van der Waals surface area contributed by atoms with E-state index in [0.717, 1.165) is 42.5 Å². The quantitative estimate of drug-likeness (QED) is 0.117. The maximum atomic E-state index is 15.5. The predicted molar refractivity (Wildman–Crippen MR) is 225 cm³/mol. The zero-order valence-corrected chi connectivity index (χ0v) is 35.3. The van der Waals surface area contributed by atoms with E-state index in [9.17, 15) is 37.1 Å². The number of nitrogens with zero attached hydrogens (tertiary/aromatic N) is 8. The Bertz CT molecular complexity index is 2700. The molecule has 342 valence electrons. The van der Waals surface area contributed by atoms with Gasteiger partial charge in [-0.15, -0.1) is 0 Å². The number of piperidine rings is 1. The zero-order valence-electron chi connectivity index (χ0n) is 35.3. The summed E-state index contributed by atoms with van der Waals surface area (Å²) in [5.74, 6) is -4.09. The fraction of sp³-hybridized carbons (Fsp3) is 0.400. The van der Waals surface area contributed by atoms with Gasteiger partial charge in [-0.25, -0.2) is 19.3 Å². The van der Waals surface area contributed by atoms with Crippen LogP contribution in [0.5, 0.6) is 0 Å². The first kappa shape index (κ1) is 44.1. The average Bonchev–Trinajstić information content (AvgIpc) is 3.53. The molecule has 3 N–H and O–H groups in total. The number of rotatable bonds is 9. The standard InChI is InChI=1S/C45H42F5N11O5/c46-33-18-30-31(44(66)61(43(30)65)35-8-10-38(62)57-42(35)64)19-36(33)59-15-13-58(14-16-59)21-24-1-4-26(5-2-24)54-41(63)29-7-9-37(55-39(29)47)56-40-28-11-12-60(22-34(28)52-23-53-40)27-6-3-25(20-51)32(17-27)45(48,49)50/h3,6-7,9,17-19,23-24,26,35H,1-2,4-5,8,10-16,21-22H2,(H,54,63)(H,57,62,64)(H,52,53,55,56). The van der Waals surface area contributed by atoms with Crippen molar-refractivity contribution >= 4 is 52.5 Å². The molecule has 5 aliphatic rings. The molecule has 2 aromatic carbocycles. The first-order valence-corrected chi connectivity index (χ1v) is 21.6. The lowest BCUT2D eigenvalue weighted by atomic mass is 9.85. The number of benzene rings is 2. The number of nitrogens with one attached hydrogen (secondary N) is 3. The summed E-state index contributed by atoms with van der Waals surface area (Å²) in [5, 5.41) is 17.3. The topological polar surface area (TPSA) is 197 Å². The summed E-state index contributed by atoms with van der Waals surface area (Å²) < 4.78 is 71.6. The lowest BCUT2D eigenvalue weighted by molar-refractivity contribution is -0.138. The van der Waals surface area contributed by atoms with Crippen LogP contribution in [-0.2, 0) is 28.7 Å². The molecule has 6 heterocycles. The first-order valence-electron chi connectivity index (χ1n) is 21.6. The Kier molecular flexibility index (Phi) is 11.8. The lowest BCUT2D eigenvalue weighted by Gasteiger charge is -2.39. The highest BCUT2D eigenvalue weighted by Gasteiger charge is 2.45. The second kappa shape index (κ2) is 17.7. The van der Waals surface area contributed by atoms with E-state index in [0.29, 0.717) is 75.0 Å². The summed E-state index contributed by atoms with van der Waals surface area (Å²) in [7, 11) is 0. The molecule has 4 aliphatic heterocycles. The van der Waals surface area contributed by atoms with Crippen LogP contribution in [0.25, 0.3) is 0 Å². The second-order valence-corrected chi connectivity index (χ2v) is 17.1. The molecule has 0 bridgehead atoms. The van der Waals surface area contributed by atoms with E-state index in [1.165, 1.54) is 30.6 Å². The third-order valence-corrected chi connectivity index (χ3v) is 13.1. The van der Waals surface area contributed by atoms with Gasteiger partial charge in [-0.05, 0) is 86.9 Å². The fourth-order valence-corrected chi connectivity index (χ4v) is 9.55. The van der Waals surface area contributed by atoms with E-state index in [1.54, 1.807) is 11.0 Å². The minimum absolute atomic E-state index is 0.00433. The molecule has 16 nitrogen and oxygen atoms in total. The number of aromatic nitrogens is 3. The summed E-state index contributed by atoms with van der Waals surface area (Å²) >= 11 is 0. The number of piperazine rings is 1. The molecule has 5 amide bonds. The summed E-state index contributed by atoms with van der Waals surface area (Å²) in [6, 6.07) is 9.08. The van der Waals surface area contributed by atoms with Gasteiger partial charge in [0.15, 0.2) is 0 Å². The van der Waals surface area contributed by atoms with Gasteiger partial charge in [-0.1, -0.05) is 0 Å². The van der Waals surface area contributed by atoms with E-state index in [4.69, 9.17) is 5.26 Å². The van der Waals surface area contributed by atoms with Crippen molar-refractivity contribution < 1.29 is 45.9 Å². The van der Waals surface area contributed by atoms with E-state index in [1.807, 2.05) is 4.90 Å². The summed E-state index contributed by atoms with van der Waals surface area (Å²) in [4.78, 5) is 82.9. The highest BCUT2D eigenvalue weighted by Crippen LogP contribution is 2.37. The Morgan fingerprint density at radius 2 is 1.61 bits per heavy atom. The van der Waals surface area contributed by atoms with Crippen LogP contribution in [0.15, 0.2) is 48.8 Å². The van der Waals surface area contributed by atoms with Crippen molar-refractivity contribution in [2.24, 2.45) is 5.92 Å². The highest BCUT2D eigenvalue weighted by atomic mass is 19.4. The monoisotopic (exact) mass is 911 g/mol. The summed E-state index contributed by atoms with van der Waals surface area (Å²) in [6.45, 7) is 3.52. The number of alkyl halides is 3. The summed E-state index contributed by atoms with van der Waals surface area (Å²) in [6.07, 6.45) is -0.0211. The van der Waals surface area contributed by atoms with Crippen molar-refractivity contribution in [3.8, 4) is 6.07 Å². The minimum atomic E-state index is -4.69. The molecule has 66 heavy (non-hydrogen) atoms. The number of fused-ring (bicyclic) bond motifs is 2. The molecule has 1 saturated carbocycles. The van der Waals surface area contributed by atoms with Gasteiger partial charge in [0.2, 0.25) is 17.8 Å². The van der Waals surface area contributed by atoms with Crippen LogP contribution in [0.4, 0.5) is 45.0 Å². The van der Waals surface area contributed by atoms with Crippen LogP contribution in [-0.4, -0.2) is 106 Å². The Balaban J connectivity index is 0.741. The fourth-order valence-electron chi connectivity index (χ4n) is 9.55. The molecule has 0 spiro atoms. The molecule has 21 heteroatoms. The van der Waals surface area contributed by atoms with Gasteiger partial charge >= 0.3 is 6.18 Å². The van der Waals surface area contributed by atoms with Gasteiger partial charge in [0.1, 0.15) is 29.8 Å². The minimum Gasteiger partial charge on any atom is -0.367 e. The van der Waals surface area contributed by atoms with Crippen LogP contribution >= 0.6 is 0 Å². The van der Waals surface area contributed by atoms with Crippen molar-refractivity contribution in [3.05, 3.63) is 99.6 Å². The normalized spacial score (nSPS) is 21.3. The molecule has 2 aromatic heterocycles. The second-order valence-electron chi connectivity index (χ2n) is 17.1. The smallest absolute Gasteiger partial charge is 0.367 e. The number of carbonyl (C=O) groups is 5. The van der Waals surface area contributed by atoms with Crippen LogP contribution in [0, 0.1) is 29.0 Å². The molecule has 2 saturated heterocycles. The molecule has 1 aliphatic carbocycles. The van der Waals surface area contributed by atoms with Gasteiger partial charge in [-0.2, -0.15) is 22.8 Å². The number of amides is 5. The van der Waals surface area contributed by atoms with E-state index in [2.05, 4.69) is 35.8 Å². The maximum absolute atomic E-state index is 15.5. The van der Waals surface area contributed by atoms with Gasteiger partial charge in [-0.3, -0.25) is 39.1 Å². The van der Waals surface area contributed by atoms with Crippen LogP contribution < -0.4 is 25.8 Å².